The van der Waals surface area contributed by atoms with Crippen LogP contribution in [0.1, 0.15) is 92.9 Å². The van der Waals surface area contributed by atoms with Crippen LogP contribution in [-0.4, -0.2) is 53.6 Å². The summed E-state index contributed by atoms with van der Waals surface area (Å²) in [7, 11) is 0. The van der Waals surface area contributed by atoms with E-state index in [2.05, 4.69) is 21.3 Å². The number of carbonyl (C=O) groups is 3. The van der Waals surface area contributed by atoms with Crippen LogP contribution in [0.3, 0.4) is 0 Å². The first-order valence-corrected chi connectivity index (χ1v) is 11.8. The molecule has 9 heteroatoms. The number of alkyl carbamates (subject to hydrolysis) is 2. The quantitative estimate of drug-likeness (QED) is 0.513. The van der Waals surface area contributed by atoms with E-state index in [1.54, 1.807) is 0 Å². The molecule has 0 spiro atoms. The highest BCUT2D eigenvalue weighted by Crippen LogP contribution is 2.21. The summed E-state index contributed by atoms with van der Waals surface area (Å²) in [5, 5.41) is 12.0. The predicted molar refractivity (Wildman–Crippen MR) is 122 cm³/mol. The van der Waals surface area contributed by atoms with E-state index in [0.717, 1.165) is 51.4 Å². The van der Waals surface area contributed by atoms with E-state index < -0.39 is 11.2 Å². The lowest BCUT2D eigenvalue weighted by Gasteiger charge is -2.32. The maximum absolute atomic E-state index is 12.4. The molecule has 0 aromatic heterocycles. The van der Waals surface area contributed by atoms with Gasteiger partial charge in [0.15, 0.2) is 0 Å². The van der Waals surface area contributed by atoms with Gasteiger partial charge in [0.2, 0.25) is 0 Å². The molecule has 2 aliphatic rings. The van der Waals surface area contributed by atoms with Crippen molar-refractivity contribution >= 4 is 18.2 Å². The Bertz CT molecular complexity index is 586. The van der Waals surface area contributed by atoms with Crippen LogP contribution in [0.4, 0.5) is 14.4 Å². The van der Waals surface area contributed by atoms with E-state index in [1.807, 2.05) is 41.5 Å². The lowest BCUT2D eigenvalue weighted by molar-refractivity contribution is 0.0479. The Hall–Kier alpha value is -2.19. The van der Waals surface area contributed by atoms with Gasteiger partial charge in [-0.15, -0.1) is 0 Å². The Kier molecular flexibility index (Phi) is 9.04. The summed E-state index contributed by atoms with van der Waals surface area (Å²) in [4.78, 5) is 36.2. The molecule has 0 aromatic rings. The maximum atomic E-state index is 12.4. The van der Waals surface area contributed by atoms with Crippen molar-refractivity contribution in [1.82, 2.24) is 21.3 Å². The smallest absolute Gasteiger partial charge is 0.407 e. The molecule has 0 aromatic carbocycles. The molecule has 2 rings (SSSR count). The molecule has 0 atom stereocenters. The summed E-state index contributed by atoms with van der Waals surface area (Å²) in [5.74, 6) is 0. The molecule has 2 fully saturated rings. The van der Waals surface area contributed by atoms with Crippen LogP contribution in [0, 0.1) is 0 Å². The second kappa shape index (κ2) is 11.1. The van der Waals surface area contributed by atoms with E-state index in [4.69, 9.17) is 9.47 Å². The van der Waals surface area contributed by atoms with E-state index in [0.29, 0.717) is 0 Å². The monoisotopic (exact) mass is 454 g/mol. The van der Waals surface area contributed by atoms with E-state index in [-0.39, 0.29) is 42.4 Å². The summed E-state index contributed by atoms with van der Waals surface area (Å²) in [6.07, 6.45) is 5.75. The molecule has 0 radical (unpaired) electrons. The van der Waals surface area contributed by atoms with Crippen molar-refractivity contribution in [2.24, 2.45) is 0 Å². The third kappa shape index (κ3) is 10.4. The van der Waals surface area contributed by atoms with Gasteiger partial charge in [-0.25, -0.2) is 14.4 Å². The number of amides is 4. The first-order chi connectivity index (χ1) is 14.8. The van der Waals surface area contributed by atoms with Gasteiger partial charge in [0.1, 0.15) is 11.2 Å². The van der Waals surface area contributed by atoms with Crippen molar-refractivity contribution in [3.63, 3.8) is 0 Å². The predicted octanol–water partition coefficient (Wildman–Crippen LogP) is 3.96. The SMILES string of the molecule is CC(C)(C)OC(=O)N[C@H]1CC[C@H](NC(=O)N[C@H]2CC[C@H](NC(=O)OC(C)(C)C)CC2)CC1. The Balaban J connectivity index is 1.61. The molecule has 184 valence electrons. The summed E-state index contributed by atoms with van der Waals surface area (Å²) < 4.78 is 10.6. The van der Waals surface area contributed by atoms with Gasteiger partial charge < -0.3 is 30.7 Å². The second-order valence-corrected chi connectivity index (χ2v) is 11.0. The van der Waals surface area contributed by atoms with Gasteiger partial charge in [0, 0.05) is 24.2 Å². The van der Waals surface area contributed by atoms with Crippen LogP contribution in [0.2, 0.25) is 0 Å². The Morgan fingerprint density at radius 1 is 0.531 bits per heavy atom. The van der Waals surface area contributed by atoms with E-state index in [1.165, 1.54) is 0 Å². The molecule has 0 bridgehead atoms. The standard InChI is InChI=1S/C23H42N4O5/c1-22(2,3)31-20(29)26-17-11-7-15(8-12-17)24-19(28)25-16-9-13-18(14-10-16)27-21(30)32-23(4,5)6/h15-18H,7-14H2,1-6H3,(H,26,29)(H,27,30)(H2,24,25,28)/t15-,16-,17-,18-. The molecule has 2 saturated carbocycles. The van der Waals surface area contributed by atoms with Crippen molar-refractivity contribution < 1.29 is 23.9 Å². The lowest BCUT2D eigenvalue weighted by atomic mass is 9.90. The van der Waals surface area contributed by atoms with Crippen molar-refractivity contribution in [2.45, 2.75) is 128 Å². The highest BCUT2D eigenvalue weighted by atomic mass is 16.6. The van der Waals surface area contributed by atoms with Gasteiger partial charge >= 0.3 is 18.2 Å². The summed E-state index contributed by atoms with van der Waals surface area (Å²) >= 11 is 0. The molecule has 0 unspecified atom stereocenters. The molecule has 4 amide bonds. The van der Waals surface area contributed by atoms with Crippen molar-refractivity contribution in [1.29, 1.82) is 0 Å². The average molecular weight is 455 g/mol. The van der Waals surface area contributed by atoms with Gasteiger partial charge in [-0.05, 0) is 92.9 Å². The highest BCUT2D eigenvalue weighted by molar-refractivity contribution is 5.74. The number of urea groups is 1. The average Bonchev–Trinajstić information content (AvgIpc) is 2.62. The summed E-state index contributed by atoms with van der Waals surface area (Å²) in [5.41, 5.74) is -1.02. The van der Waals surface area contributed by atoms with Crippen molar-refractivity contribution in [3.8, 4) is 0 Å². The van der Waals surface area contributed by atoms with Crippen LogP contribution in [0.25, 0.3) is 0 Å². The number of rotatable bonds is 4. The molecule has 2 aliphatic carbocycles. The number of carbonyl (C=O) groups excluding carboxylic acids is 3. The zero-order valence-electron chi connectivity index (χ0n) is 20.5. The third-order valence-electron chi connectivity index (χ3n) is 5.57. The molecule has 0 heterocycles. The fourth-order valence-electron chi connectivity index (χ4n) is 4.13. The second-order valence-electron chi connectivity index (χ2n) is 11.0. The number of hydrogen-bond donors (Lipinski definition) is 4. The summed E-state index contributed by atoms with van der Waals surface area (Å²) in [6.45, 7) is 11.1. The van der Waals surface area contributed by atoms with Gasteiger partial charge in [-0.3, -0.25) is 0 Å². The third-order valence-corrected chi connectivity index (χ3v) is 5.57. The van der Waals surface area contributed by atoms with Crippen molar-refractivity contribution in [3.05, 3.63) is 0 Å². The minimum Gasteiger partial charge on any atom is -0.444 e. The normalized spacial score (nSPS) is 26.4. The zero-order chi connectivity index (χ0) is 23.9. The highest BCUT2D eigenvalue weighted by Gasteiger charge is 2.28. The molecule has 0 aliphatic heterocycles. The minimum absolute atomic E-state index is 0.0821. The Morgan fingerprint density at radius 2 is 0.781 bits per heavy atom. The van der Waals surface area contributed by atoms with Crippen LogP contribution in [-0.2, 0) is 9.47 Å². The fourth-order valence-corrected chi connectivity index (χ4v) is 4.13. The number of hydrogen-bond acceptors (Lipinski definition) is 5. The molecule has 9 nitrogen and oxygen atoms in total. The minimum atomic E-state index is -0.508. The maximum Gasteiger partial charge on any atom is 0.407 e. The van der Waals surface area contributed by atoms with Crippen LogP contribution in [0.15, 0.2) is 0 Å². The molecule has 4 N–H and O–H groups in total. The molecule has 32 heavy (non-hydrogen) atoms. The Labute approximate surface area is 192 Å². The van der Waals surface area contributed by atoms with Gasteiger partial charge in [-0.1, -0.05) is 0 Å². The topological polar surface area (TPSA) is 118 Å². The number of nitrogens with one attached hydrogen (secondary N) is 4. The van der Waals surface area contributed by atoms with Crippen LogP contribution >= 0.6 is 0 Å². The van der Waals surface area contributed by atoms with E-state index >= 15 is 0 Å². The van der Waals surface area contributed by atoms with Gasteiger partial charge in [0.25, 0.3) is 0 Å². The lowest BCUT2D eigenvalue weighted by Crippen LogP contribution is -2.51. The Morgan fingerprint density at radius 3 is 1.03 bits per heavy atom. The first-order valence-electron chi connectivity index (χ1n) is 11.8. The van der Waals surface area contributed by atoms with Gasteiger partial charge in [0.05, 0.1) is 0 Å². The van der Waals surface area contributed by atoms with E-state index in [9.17, 15) is 14.4 Å². The largest absolute Gasteiger partial charge is 0.444 e. The molecular formula is C23H42N4O5. The number of ether oxygens (including phenoxy) is 2. The van der Waals surface area contributed by atoms with Crippen molar-refractivity contribution in [2.75, 3.05) is 0 Å². The van der Waals surface area contributed by atoms with Gasteiger partial charge in [-0.2, -0.15) is 0 Å². The van der Waals surface area contributed by atoms with Crippen LogP contribution in [0.5, 0.6) is 0 Å². The fraction of sp³-hybridized carbons (Fsp3) is 0.870. The first kappa shape index (κ1) is 26.1. The van der Waals surface area contributed by atoms with Crippen LogP contribution < -0.4 is 21.3 Å². The molecule has 0 saturated heterocycles. The molecular weight excluding hydrogens is 412 g/mol. The zero-order valence-corrected chi connectivity index (χ0v) is 20.5. The summed E-state index contributed by atoms with van der Waals surface area (Å²) in [6, 6.07) is 0.239.